The molecule has 0 aliphatic heterocycles. The molecule has 3 aromatic rings. The Kier molecular flexibility index (Phi) is 7.74. The van der Waals surface area contributed by atoms with Crippen LogP contribution < -0.4 is 14.9 Å². The monoisotopic (exact) mass is 497 g/mol. The molecule has 3 aromatic carbocycles. The van der Waals surface area contributed by atoms with Crippen molar-refractivity contribution < 1.29 is 23.0 Å². The van der Waals surface area contributed by atoms with Crippen molar-refractivity contribution >= 4 is 45.1 Å². The molecule has 35 heavy (non-hydrogen) atoms. The maximum atomic E-state index is 13.0. The number of hydrogen-bond acceptors (Lipinski definition) is 9. The maximum absolute atomic E-state index is 13.0. The molecule has 0 amide bonds. The van der Waals surface area contributed by atoms with Crippen LogP contribution in [0.15, 0.2) is 82.8 Å². The summed E-state index contributed by atoms with van der Waals surface area (Å²) < 4.78 is 33.4. The molecular weight excluding hydrogens is 478 g/mol. The molecule has 0 unspecified atom stereocenters. The van der Waals surface area contributed by atoms with Gasteiger partial charge in [-0.3, -0.25) is 30.4 Å². The summed E-state index contributed by atoms with van der Waals surface area (Å²) in [4.78, 5) is 20.6. The van der Waals surface area contributed by atoms with Crippen molar-refractivity contribution in [2.24, 2.45) is 5.10 Å². The standard InChI is InChI=1S/C22H19N5O7S/c1-34-19-11-8-17(9-12-19)25-35(32,33)22-15-18(26(28)29)10-13-20(22)24-23-14-4-6-16-5-2-3-7-21(16)27(30)31/h2-15,24-25H,1H3/b6-4+,23-14+. The number of nitro groups is 2. The zero-order valence-corrected chi connectivity index (χ0v) is 19.0. The highest BCUT2D eigenvalue weighted by molar-refractivity contribution is 7.92. The Bertz CT molecular complexity index is 1400. The van der Waals surface area contributed by atoms with Crippen molar-refractivity contribution in [3.05, 3.63) is 98.6 Å². The van der Waals surface area contributed by atoms with Gasteiger partial charge in [0.25, 0.3) is 21.4 Å². The van der Waals surface area contributed by atoms with Gasteiger partial charge in [-0.05, 0) is 48.6 Å². The summed E-state index contributed by atoms with van der Waals surface area (Å²) in [5, 5.41) is 26.2. The van der Waals surface area contributed by atoms with Crippen molar-refractivity contribution in [3.63, 3.8) is 0 Å². The summed E-state index contributed by atoms with van der Waals surface area (Å²) in [6.07, 6.45) is 4.14. The predicted molar refractivity (Wildman–Crippen MR) is 131 cm³/mol. The second-order valence-corrected chi connectivity index (χ2v) is 8.49. The van der Waals surface area contributed by atoms with Gasteiger partial charge < -0.3 is 4.74 Å². The number of allylic oxidation sites excluding steroid dienone is 1. The van der Waals surface area contributed by atoms with E-state index in [-0.39, 0.29) is 17.1 Å². The van der Waals surface area contributed by atoms with Crippen molar-refractivity contribution in [2.75, 3.05) is 17.3 Å². The number of hydrogen-bond donors (Lipinski definition) is 2. The van der Waals surface area contributed by atoms with Crippen molar-refractivity contribution in [1.82, 2.24) is 0 Å². The Morgan fingerprint density at radius 2 is 1.69 bits per heavy atom. The zero-order chi connectivity index (χ0) is 25.4. The molecule has 0 saturated carbocycles. The van der Waals surface area contributed by atoms with Crippen LogP contribution in [0.3, 0.4) is 0 Å². The number of anilines is 2. The molecule has 0 bridgehead atoms. The number of ether oxygens (including phenoxy) is 1. The van der Waals surface area contributed by atoms with E-state index in [1.54, 1.807) is 30.3 Å². The Balaban J connectivity index is 1.84. The van der Waals surface area contributed by atoms with Gasteiger partial charge >= 0.3 is 0 Å². The van der Waals surface area contributed by atoms with E-state index in [4.69, 9.17) is 4.74 Å². The molecule has 0 radical (unpaired) electrons. The number of benzene rings is 3. The van der Waals surface area contributed by atoms with Crippen LogP contribution in [0.4, 0.5) is 22.7 Å². The summed E-state index contributed by atoms with van der Waals surface area (Å²) >= 11 is 0. The van der Waals surface area contributed by atoms with E-state index in [0.29, 0.717) is 11.3 Å². The fourth-order valence-corrected chi connectivity index (χ4v) is 4.14. The molecular formula is C22H19N5O7S. The largest absolute Gasteiger partial charge is 0.497 e. The number of nitro benzene ring substituents is 2. The van der Waals surface area contributed by atoms with Gasteiger partial charge in [-0.2, -0.15) is 5.10 Å². The van der Waals surface area contributed by atoms with Gasteiger partial charge in [-0.15, -0.1) is 0 Å². The summed E-state index contributed by atoms with van der Waals surface area (Å²) in [6, 6.07) is 15.4. The third-order valence-corrected chi connectivity index (χ3v) is 5.98. The topological polar surface area (TPSA) is 166 Å². The Morgan fingerprint density at radius 1 is 0.971 bits per heavy atom. The third-order valence-electron chi connectivity index (χ3n) is 4.56. The van der Waals surface area contributed by atoms with E-state index in [2.05, 4.69) is 15.2 Å². The first-order chi connectivity index (χ1) is 16.7. The van der Waals surface area contributed by atoms with Crippen LogP contribution in [0.5, 0.6) is 5.75 Å². The molecule has 0 heterocycles. The number of non-ortho nitro benzene ring substituents is 1. The van der Waals surface area contributed by atoms with Gasteiger partial charge in [0, 0.05) is 30.1 Å². The highest BCUT2D eigenvalue weighted by Gasteiger charge is 2.22. The van der Waals surface area contributed by atoms with Gasteiger partial charge in [0.05, 0.1) is 28.2 Å². The van der Waals surface area contributed by atoms with E-state index in [1.807, 2.05) is 0 Å². The predicted octanol–water partition coefficient (Wildman–Crippen LogP) is 4.42. The quantitative estimate of drug-likeness (QED) is 0.236. The molecule has 180 valence electrons. The highest BCUT2D eigenvalue weighted by atomic mass is 32.2. The fourth-order valence-electron chi connectivity index (χ4n) is 2.90. The first kappa shape index (κ1) is 24.9. The first-order valence-electron chi connectivity index (χ1n) is 9.86. The molecule has 0 aromatic heterocycles. The van der Waals surface area contributed by atoms with Crippen LogP contribution in [0.25, 0.3) is 6.08 Å². The van der Waals surface area contributed by atoms with Crippen LogP contribution in [-0.4, -0.2) is 31.6 Å². The summed E-state index contributed by atoms with van der Waals surface area (Å²) in [5.41, 5.74) is 2.58. The fraction of sp³-hybridized carbons (Fsp3) is 0.0455. The Morgan fingerprint density at radius 3 is 2.34 bits per heavy atom. The van der Waals surface area contributed by atoms with Crippen molar-refractivity contribution in [1.29, 1.82) is 0 Å². The smallest absolute Gasteiger partial charge is 0.276 e. The molecule has 2 N–H and O–H groups in total. The van der Waals surface area contributed by atoms with Gasteiger partial charge in [0.2, 0.25) is 0 Å². The summed E-state index contributed by atoms with van der Waals surface area (Å²) in [6.45, 7) is 0. The number of nitrogens with zero attached hydrogens (tertiary/aromatic N) is 3. The van der Waals surface area contributed by atoms with Gasteiger partial charge in [0.15, 0.2) is 0 Å². The lowest BCUT2D eigenvalue weighted by Crippen LogP contribution is -2.15. The molecule has 0 spiro atoms. The Labute approximate surface area is 199 Å². The summed E-state index contributed by atoms with van der Waals surface area (Å²) in [5.74, 6) is 0.522. The SMILES string of the molecule is COc1ccc(NS(=O)(=O)c2cc([N+](=O)[O-])ccc2N/N=C/C=C/c2ccccc2[N+](=O)[O-])cc1. The van der Waals surface area contributed by atoms with Crippen LogP contribution in [0.1, 0.15) is 5.56 Å². The number of nitrogens with one attached hydrogen (secondary N) is 2. The zero-order valence-electron chi connectivity index (χ0n) is 18.2. The van der Waals surface area contributed by atoms with Crippen LogP contribution in [0.2, 0.25) is 0 Å². The minimum absolute atomic E-state index is 0.0213. The number of hydrazone groups is 1. The van der Waals surface area contributed by atoms with E-state index in [9.17, 15) is 28.6 Å². The van der Waals surface area contributed by atoms with Crippen LogP contribution in [-0.2, 0) is 10.0 Å². The average molecular weight is 497 g/mol. The normalized spacial score (nSPS) is 11.5. The molecule has 0 saturated heterocycles. The van der Waals surface area contributed by atoms with E-state index < -0.39 is 30.5 Å². The third kappa shape index (κ3) is 6.39. The van der Waals surface area contributed by atoms with E-state index in [1.165, 1.54) is 49.7 Å². The minimum atomic E-state index is -4.25. The highest BCUT2D eigenvalue weighted by Crippen LogP contribution is 2.29. The molecule has 0 atom stereocenters. The van der Waals surface area contributed by atoms with Crippen molar-refractivity contribution in [2.45, 2.75) is 4.90 Å². The average Bonchev–Trinajstić information content (AvgIpc) is 2.84. The number of sulfonamides is 1. The second kappa shape index (κ2) is 10.9. The number of para-hydroxylation sites is 1. The molecule has 13 heteroatoms. The minimum Gasteiger partial charge on any atom is -0.497 e. The van der Waals surface area contributed by atoms with Crippen LogP contribution >= 0.6 is 0 Å². The summed E-state index contributed by atoms with van der Waals surface area (Å²) in [7, 11) is -2.78. The molecule has 0 aliphatic rings. The Hall–Kier alpha value is -4.78. The van der Waals surface area contributed by atoms with Gasteiger partial charge in [-0.1, -0.05) is 12.1 Å². The lowest BCUT2D eigenvalue weighted by molar-refractivity contribution is -0.385. The number of methoxy groups -OCH3 is 1. The van der Waals surface area contributed by atoms with Gasteiger partial charge in [0.1, 0.15) is 10.6 Å². The molecule has 3 rings (SSSR count). The lowest BCUT2D eigenvalue weighted by Gasteiger charge is -2.12. The maximum Gasteiger partial charge on any atom is 0.276 e. The van der Waals surface area contributed by atoms with Crippen molar-refractivity contribution in [3.8, 4) is 5.75 Å². The number of rotatable bonds is 10. The van der Waals surface area contributed by atoms with E-state index in [0.717, 1.165) is 12.1 Å². The lowest BCUT2D eigenvalue weighted by atomic mass is 10.2. The molecule has 12 nitrogen and oxygen atoms in total. The second-order valence-electron chi connectivity index (χ2n) is 6.84. The first-order valence-corrected chi connectivity index (χ1v) is 11.3. The van der Waals surface area contributed by atoms with E-state index >= 15 is 0 Å². The molecule has 0 aliphatic carbocycles. The van der Waals surface area contributed by atoms with Crippen LogP contribution in [0, 0.1) is 20.2 Å². The van der Waals surface area contributed by atoms with Gasteiger partial charge in [-0.25, -0.2) is 8.42 Å². The molecule has 0 fully saturated rings.